The molecule has 0 aromatic heterocycles. The Bertz CT molecular complexity index is 105. The highest BCUT2D eigenvalue weighted by Crippen LogP contribution is 2.01. The van der Waals surface area contributed by atoms with E-state index < -0.39 is 0 Å². The standard InChI is InChI=1S/C9H16O/c1-3-5-6-8-9(10)7-4-2/h3-4,7,9-10H,1,5-6,8H2,2H3/b7-4+. The van der Waals surface area contributed by atoms with Gasteiger partial charge < -0.3 is 5.11 Å². The van der Waals surface area contributed by atoms with E-state index in [1.54, 1.807) is 0 Å². The van der Waals surface area contributed by atoms with Gasteiger partial charge >= 0.3 is 0 Å². The molecule has 0 aliphatic rings. The smallest absolute Gasteiger partial charge is 0.0720 e. The second kappa shape index (κ2) is 6.56. The molecule has 0 spiro atoms. The van der Waals surface area contributed by atoms with Crippen LogP contribution in [0.25, 0.3) is 0 Å². The first kappa shape index (κ1) is 9.44. The average Bonchev–Trinajstić information content (AvgIpc) is 1.89. The van der Waals surface area contributed by atoms with Crippen molar-refractivity contribution in [1.29, 1.82) is 0 Å². The molecule has 0 radical (unpaired) electrons. The summed E-state index contributed by atoms with van der Waals surface area (Å²) in [6, 6.07) is 0. The van der Waals surface area contributed by atoms with Gasteiger partial charge in [0.05, 0.1) is 6.10 Å². The lowest BCUT2D eigenvalue weighted by atomic mass is 10.1. The molecule has 1 unspecified atom stereocenters. The molecule has 0 aromatic carbocycles. The molecular weight excluding hydrogens is 124 g/mol. The number of unbranched alkanes of at least 4 members (excludes halogenated alkanes) is 1. The summed E-state index contributed by atoms with van der Waals surface area (Å²) < 4.78 is 0. The van der Waals surface area contributed by atoms with Gasteiger partial charge in [0.25, 0.3) is 0 Å². The molecule has 0 amide bonds. The maximum atomic E-state index is 9.15. The van der Waals surface area contributed by atoms with Crippen molar-refractivity contribution in [2.45, 2.75) is 32.3 Å². The van der Waals surface area contributed by atoms with Crippen molar-refractivity contribution in [2.75, 3.05) is 0 Å². The number of aliphatic hydroxyl groups excluding tert-OH is 1. The molecule has 0 rings (SSSR count). The Hall–Kier alpha value is -0.560. The highest BCUT2D eigenvalue weighted by atomic mass is 16.3. The Morgan fingerprint density at radius 1 is 1.60 bits per heavy atom. The SMILES string of the molecule is C=CCCCC(O)/C=C/C. The van der Waals surface area contributed by atoms with Crippen LogP contribution in [0.2, 0.25) is 0 Å². The number of rotatable bonds is 5. The fourth-order valence-corrected chi connectivity index (χ4v) is 0.790. The van der Waals surface area contributed by atoms with E-state index in [2.05, 4.69) is 6.58 Å². The summed E-state index contributed by atoms with van der Waals surface area (Å²) in [5.41, 5.74) is 0. The zero-order valence-electron chi connectivity index (χ0n) is 6.59. The molecule has 1 heteroatoms. The first-order chi connectivity index (χ1) is 4.81. The third-order valence-corrected chi connectivity index (χ3v) is 1.32. The van der Waals surface area contributed by atoms with Gasteiger partial charge in [-0.3, -0.25) is 0 Å². The van der Waals surface area contributed by atoms with E-state index in [0.717, 1.165) is 19.3 Å². The van der Waals surface area contributed by atoms with Crippen molar-refractivity contribution in [1.82, 2.24) is 0 Å². The van der Waals surface area contributed by atoms with Crippen LogP contribution in [-0.4, -0.2) is 11.2 Å². The molecule has 0 fully saturated rings. The highest BCUT2D eigenvalue weighted by Gasteiger charge is 1.95. The Balaban J connectivity index is 3.20. The molecule has 58 valence electrons. The predicted molar refractivity (Wildman–Crippen MR) is 44.9 cm³/mol. The summed E-state index contributed by atoms with van der Waals surface area (Å²) in [7, 11) is 0. The molecule has 10 heavy (non-hydrogen) atoms. The molecule has 0 saturated heterocycles. The van der Waals surface area contributed by atoms with E-state index in [1.165, 1.54) is 0 Å². The Morgan fingerprint density at radius 3 is 2.80 bits per heavy atom. The van der Waals surface area contributed by atoms with Gasteiger partial charge in [-0.25, -0.2) is 0 Å². The van der Waals surface area contributed by atoms with E-state index in [9.17, 15) is 0 Å². The maximum absolute atomic E-state index is 9.15. The minimum Gasteiger partial charge on any atom is -0.389 e. The van der Waals surface area contributed by atoms with E-state index in [1.807, 2.05) is 25.2 Å². The number of hydrogen-bond acceptors (Lipinski definition) is 1. The van der Waals surface area contributed by atoms with Crippen LogP contribution in [0.15, 0.2) is 24.8 Å². The number of allylic oxidation sites excluding steroid dienone is 2. The van der Waals surface area contributed by atoms with Gasteiger partial charge in [0.2, 0.25) is 0 Å². The molecule has 0 heterocycles. The minimum absolute atomic E-state index is 0.259. The zero-order valence-corrected chi connectivity index (χ0v) is 6.59. The van der Waals surface area contributed by atoms with Crippen molar-refractivity contribution in [3.8, 4) is 0 Å². The average molecular weight is 140 g/mol. The van der Waals surface area contributed by atoms with Gasteiger partial charge in [0.15, 0.2) is 0 Å². The van der Waals surface area contributed by atoms with Gasteiger partial charge in [0.1, 0.15) is 0 Å². The Kier molecular flexibility index (Phi) is 6.19. The minimum atomic E-state index is -0.259. The summed E-state index contributed by atoms with van der Waals surface area (Å²) in [5, 5.41) is 9.15. The molecular formula is C9H16O. The van der Waals surface area contributed by atoms with Gasteiger partial charge in [-0.2, -0.15) is 0 Å². The van der Waals surface area contributed by atoms with E-state index in [-0.39, 0.29) is 6.10 Å². The molecule has 0 saturated carbocycles. The lowest BCUT2D eigenvalue weighted by Crippen LogP contribution is -2.00. The predicted octanol–water partition coefficient (Wildman–Crippen LogP) is 2.28. The third-order valence-electron chi connectivity index (χ3n) is 1.32. The third kappa shape index (κ3) is 5.57. The fourth-order valence-electron chi connectivity index (χ4n) is 0.790. The maximum Gasteiger partial charge on any atom is 0.0720 e. The largest absolute Gasteiger partial charge is 0.389 e. The molecule has 0 bridgehead atoms. The van der Waals surface area contributed by atoms with Crippen LogP contribution in [0.4, 0.5) is 0 Å². The van der Waals surface area contributed by atoms with Crippen LogP contribution in [0, 0.1) is 0 Å². The van der Waals surface area contributed by atoms with Gasteiger partial charge in [-0.05, 0) is 26.2 Å². The fraction of sp³-hybridized carbons (Fsp3) is 0.556. The van der Waals surface area contributed by atoms with Gasteiger partial charge in [-0.15, -0.1) is 6.58 Å². The Morgan fingerprint density at radius 2 is 2.30 bits per heavy atom. The van der Waals surface area contributed by atoms with Crippen LogP contribution in [0.1, 0.15) is 26.2 Å². The zero-order chi connectivity index (χ0) is 7.82. The van der Waals surface area contributed by atoms with Crippen molar-refractivity contribution >= 4 is 0 Å². The van der Waals surface area contributed by atoms with Crippen molar-refractivity contribution in [3.63, 3.8) is 0 Å². The van der Waals surface area contributed by atoms with Gasteiger partial charge in [-0.1, -0.05) is 18.2 Å². The summed E-state index contributed by atoms with van der Waals surface area (Å²) in [4.78, 5) is 0. The lowest BCUT2D eigenvalue weighted by molar-refractivity contribution is 0.210. The first-order valence-electron chi connectivity index (χ1n) is 3.73. The number of aliphatic hydroxyl groups is 1. The second-order valence-electron chi connectivity index (χ2n) is 2.31. The monoisotopic (exact) mass is 140 g/mol. The van der Waals surface area contributed by atoms with Crippen LogP contribution in [0.3, 0.4) is 0 Å². The van der Waals surface area contributed by atoms with E-state index >= 15 is 0 Å². The second-order valence-corrected chi connectivity index (χ2v) is 2.31. The summed E-state index contributed by atoms with van der Waals surface area (Å²) in [6.45, 7) is 5.52. The van der Waals surface area contributed by atoms with E-state index in [4.69, 9.17) is 5.11 Å². The molecule has 0 aliphatic carbocycles. The van der Waals surface area contributed by atoms with Crippen LogP contribution in [0.5, 0.6) is 0 Å². The topological polar surface area (TPSA) is 20.2 Å². The molecule has 1 nitrogen and oxygen atoms in total. The Labute approximate surface area is 63.1 Å². The van der Waals surface area contributed by atoms with E-state index in [0.29, 0.717) is 0 Å². The van der Waals surface area contributed by atoms with Crippen molar-refractivity contribution in [2.24, 2.45) is 0 Å². The molecule has 1 N–H and O–H groups in total. The normalized spacial score (nSPS) is 13.8. The summed E-state index contributed by atoms with van der Waals surface area (Å²) in [6.07, 6.45) is 8.16. The van der Waals surface area contributed by atoms with Crippen molar-refractivity contribution in [3.05, 3.63) is 24.8 Å². The van der Waals surface area contributed by atoms with Crippen molar-refractivity contribution < 1.29 is 5.11 Å². The lowest BCUT2D eigenvalue weighted by Gasteiger charge is -2.01. The molecule has 0 aromatic rings. The highest BCUT2D eigenvalue weighted by molar-refractivity contribution is 4.85. The van der Waals surface area contributed by atoms with Gasteiger partial charge in [0, 0.05) is 0 Å². The summed E-state index contributed by atoms with van der Waals surface area (Å²) >= 11 is 0. The molecule has 1 atom stereocenters. The van der Waals surface area contributed by atoms with Crippen LogP contribution < -0.4 is 0 Å². The first-order valence-corrected chi connectivity index (χ1v) is 3.73. The molecule has 0 aliphatic heterocycles. The van der Waals surface area contributed by atoms with Crippen LogP contribution in [-0.2, 0) is 0 Å². The van der Waals surface area contributed by atoms with Crippen LogP contribution >= 0.6 is 0 Å². The quantitative estimate of drug-likeness (QED) is 0.459. The number of hydrogen-bond donors (Lipinski definition) is 1. The summed E-state index contributed by atoms with van der Waals surface area (Å²) in [5.74, 6) is 0.